The summed E-state index contributed by atoms with van der Waals surface area (Å²) in [6, 6.07) is 14.8. The van der Waals surface area contributed by atoms with Crippen LogP contribution in [0.1, 0.15) is 16.7 Å². The van der Waals surface area contributed by atoms with E-state index in [-0.39, 0.29) is 6.54 Å². The molecule has 0 unspecified atom stereocenters. The molecule has 0 heterocycles. The van der Waals surface area contributed by atoms with Crippen LogP contribution in [-0.2, 0) is 16.6 Å². The van der Waals surface area contributed by atoms with Crippen molar-refractivity contribution in [3.8, 4) is 0 Å². The van der Waals surface area contributed by atoms with E-state index in [0.29, 0.717) is 18.0 Å². The van der Waals surface area contributed by atoms with Crippen LogP contribution in [0, 0.1) is 13.8 Å². The summed E-state index contributed by atoms with van der Waals surface area (Å²) in [4.78, 5) is 0.319. The molecule has 118 valence electrons. The van der Waals surface area contributed by atoms with Crippen molar-refractivity contribution in [1.82, 2.24) is 4.31 Å². The quantitative estimate of drug-likeness (QED) is 0.890. The molecule has 0 aromatic heterocycles. The average Bonchev–Trinajstić information content (AvgIpc) is 2.50. The first-order chi connectivity index (χ1) is 10.4. The van der Waals surface area contributed by atoms with Crippen molar-refractivity contribution < 1.29 is 8.42 Å². The van der Waals surface area contributed by atoms with Crippen LogP contribution in [0.15, 0.2) is 53.4 Å². The third-order valence-corrected chi connectivity index (χ3v) is 5.54. The Balaban J connectivity index is 2.35. The van der Waals surface area contributed by atoms with E-state index in [9.17, 15) is 8.42 Å². The summed E-state index contributed by atoms with van der Waals surface area (Å²) in [5.41, 5.74) is 8.60. The fraction of sp³-hybridized carbons (Fsp3) is 0.294. The molecule has 2 N–H and O–H groups in total. The number of rotatable bonds is 6. The van der Waals surface area contributed by atoms with Gasteiger partial charge in [-0.2, -0.15) is 4.31 Å². The Bertz CT molecular complexity index is 728. The summed E-state index contributed by atoms with van der Waals surface area (Å²) < 4.78 is 27.2. The average molecular weight is 318 g/mol. The molecule has 2 rings (SSSR count). The predicted molar refractivity (Wildman–Crippen MR) is 89.0 cm³/mol. The molecule has 0 fully saturated rings. The van der Waals surface area contributed by atoms with Crippen LogP contribution >= 0.6 is 0 Å². The van der Waals surface area contributed by atoms with E-state index in [1.807, 2.05) is 50.2 Å². The van der Waals surface area contributed by atoms with Gasteiger partial charge in [0.25, 0.3) is 0 Å². The molecule has 0 spiro atoms. The standard InChI is InChI=1S/C17H22N2O2S/c1-14-8-9-17(12-15(14)2)22(20,21)19(11-10-18)13-16-6-4-3-5-7-16/h3-9,12H,10-11,13,18H2,1-2H3. The van der Waals surface area contributed by atoms with Gasteiger partial charge in [0, 0.05) is 19.6 Å². The van der Waals surface area contributed by atoms with E-state index in [0.717, 1.165) is 16.7 Å². The van der Waals surface area contributed by atoms with Gasteiger partial charge in [-0.25, -0.2) is 8.42 Å². The van der Waals surface area contributed by atoms with Crippen molar-refractivity contribution in [2.75, 3.05) is 13.1 Å². The SMILES string of the molecule is Cc1ccc(S(=O)(=O)N(CCN)Cc2ccccc2)cc1C. The molecule has 0 saturated carbocycles. The van der Waals surface area contributed by atoms with Crippen molar-refractivity contribution in [2.45, 2.75) is 25.3 Å². The lowest BCUT2D eigenvalue weighted by Gasteiger charge is -2.22. The lowest BCUT2D eigenvalue weighted by molar-refractivity contribution is 0.414. The summed E-state index contributed by atoms with van der Waals surface area (Å²) >= 11 is 0. The monoisotopic (exact) mass is 318 g/mol. The molecule has 0 atom stereocenters. The van der Waals surface area contributed by atoms with Gasteiger partial charge in [0.05, 0.1) is 4.90 Å². The molecule has 2 aromatic rings. The Morgan fingerprint density at radius 3 is 2.27 bits per heavy atom. The van der Waals surface area contributed by atoms with Crippen LogP contribution < -0.4 is 5.73 Å². The Labute approximate surface area is 132 Å². The van der Waals surface area contributed by atoms with Gasteiger partial charge < -0.3 is 5.73 Å². The van der Waals surface area contributed by atoms with Crippen molar-refractivity contribution in [3.63, 3.8) is 0 Å². The van der Waals surface area contributed by atoms with Gasteiger partial charge >= 0.3 is 0 Å². The first-order valence-corrected chi connectivity index (χ1v) is 8.70. The van der Waals surface area contributed by atoms with Crippen molar-refractivity contribution >= 4 is 10.0 Å². The van der Waals surface area contributed by atoms with Crippen LogP contribution in [0.2, 0.25) is 0 Å². The van der Waals surface area contributed by atoms with Crippen LogP contribution in [0.5, 0.6) is 0 Å². The Kier molecular flexibility index (Phi) is 5.34. The number of nitrogens with zero attached hydrogens (tertiary/aromatic N) is 1. The Morgan fingerprint density at radius 2 is 1.68 bits per heavy atom. The summed E-state index contributed by atoms with van der Waals surface area (Å²) in [6.45, 7) is 4.79. The zero-order valence-corrected chi connectivity index (χ0v) is 13.8. The Hall–Kier alpha value is -1.69. The van der Waals surface area contributed by atoms with E-state index in [2.05, 4.69) is 0 Å². The highest BCUT2D eigenvalue weighted by atomic mass is 32.2. The Morgan fingerprint density at radius 1 is 1.00 bits per heavy atom. The molecule has 4 nitrogen and oxygen atoms in total. The van der Waals surface area contributed by atoms with E-state index >= 15 is 0 Å². The second-order valence-corrected chi connectivity index (χ2v) is 7.30. The van der Waals surface area contributed by atoms with E-state index in [4.69, 9.17) is 5.73 Å². The van der Waals surface area contributed by atoms with Gasteiger partial charge in [0.1, 0.15) is 0 Å². The van der Waals surface area contributed by atoms with E-state index in [1.54, 1.807) is 12.1 Å². The van der Waals surface area contributed by atoms with Crippen molar-refractivity contribution in [3.05, 3.63) is 65.2 Å². The summed E-state index contributed by atoms with van der Waals surface area (Å²) in [6.07, 6.45) is 0. The molecule has 0 aliphatic carbocycles. The summed E-state index contributed by atoms with van der Waals surface area (Å²) in [5, 5.41) is 0. The minimum absolute atomic E-state index is 0.289. The normalized spacial score (nSPS) is 11.8. The maximum atomic E-state index is 12.9. The lowest BCUT2D eigenvalue weighted by Crippen LogP contribution is -2.35. The molecule has 0 saturated heterocycles. The largest absolute Gasteiger partial charge is 0.329 e. The number of benzene rings is 2. The van der Waals surface area contributed by atoms with Gasteiger partial charge in [-0.1, -0.05) is 36.4 Å². The molecule has 0 amide bonds. The van der Waals surface area contributed by atoms with Gasteiger partial charge in [-0.3, -0.25) is 0 Å². The third-order valence-electron chi connectivity index (χ3n) is 3.70. The molecule has 5 heteroatoms. The maximum Gasteiger partial charge on any atom is 0.243 e. The predicted octanol–water partition coefficient (Wildman–Crippen LogP) is 2.45. The molecule has 0 aliphatic heterocycles. The number of nitrogens with two attached hydrogens (primary N) is 1. The smallest absolute Gasteiger partial charge is 0.243 e. The highest BCUT2D eigenvalue weighted by Crippen LogP contribution is 2.20. The number of hydrogen-bond acceptors (Lipinski definition) is 3. The third kappa shape index (κ3) is 3.74. The molecule has 2 aromatic carbocycles. The molecule has 0 aliphatic rings. The van der Waals surface area contributed by atoms with Gasteiger partial charge in [0.2, 0.25) is 10.0 Å². The number of hydrogen-bond donors (Lipinski definition) is 1. The van der Waals surface area contributed by atoms with E-state index in [1.165, 1.54) is 4.31 Å². The fourth-order valence-corrected chi connectivity index (χ4v) is 3.77. The van der Waals surface area contributed by atoms with E-state index < -0.39 is 10.0 Å². The molecule has 22 heavy (non-hydrogen) atoms. The zero-order valence-electron chi connectivity index (χ0n) is 13.0. The van der Waals surface area contributed by atoms with Crippen LogP contribution in [0.4, 0.5) is 0 Å². The summed E-state index contributed by atoms with van der Waals surface area (Å²) in [5.74, 6) is 0. The highest BCUT2D eigenvalue weighted by molar-refractivity contribution is 7.89. The maximum absolute atomic E-state index is 12.9. The molecule has 0 radical (unpaired) electrons. The van der Waals surface area contributed by atoms with Crippen LogP contribution in [0.25, 0.3) is 0 Å². The van der Waals surface area contributed by atoms with Gasteiger partial charge in [-0.15, -0.1) is 0 Å². The van der Waals surface area contributed by atoms with Gasteiger partial charge in [-0.05, 0) is 42.7 Å². The molecular weight excluding hydrogens is 296 g/mol. The number of sulfonamides is 1. The first-order valence-electron chi connectivity index (χ1n) is 7.26. The van der Waals surface area contributed by atoms with Crippen molar-refractivity contribution in [2.24, 2.45) is 5.73 Å². The van der Waals surface area contributed by atoms with Crippen LogP contribution in [0.3, 0.4) is 0 Å². The van der Waals surface area contributed by atoms with Crippen LogP contribution in [-0.4, -0.2) is 25.8 Å². The fourth-order valence-electron chi connectivity index (χ4n) is 2.24. The second kappa shape index (κ2) is 7.05. The minimum atomic E-state index is -3.55. The zero-order chi connectivity index (χ0) is 16.2. The minimum Gasteiger partial charge on any atom is -0.329 e. The number of aryl methyl sites for hydroxylation is 2. The highest BCUT2D eigenvalue weighted by Gasteiger charge is 2.24. The van der Waals surface area contributed by atoms with Gasteiger partial charge in [0.15, 0.2) is 0 Å². The lowest BCUT2D eigenvalue weighted by atomic mass is 10.1. The topological polar surface area (TPSA) is 63.4 Å². The molecular formula is C17H22N2O2S. The van der Waals surface area contributed by atoms with Crippen molar-refractivity contribution in [1.29, 1.82) is 0 Å². The molecule has 0 bridgehead atoms. The second-order valence-electron chi connectivity index (χ2n) is 5.36. The summed E-state index contributed by atoms with van der Waals surface area (Å²) in [7, 11) is -3.55. The first kappa shape index (κ1) is 16.7.